The van der Waals surface area contributed by atoms with Gasteiger partial charge >= 0.3 is 0 Å². The fourth-order valence-electron chi connectivity index (χ4n) is 2.59. The molecule has 0 aromatic carbocycles. The third-order valence-corrected chi connectivity index (χ3v) is 3.71. The Labute approximate surface area is 122 Å². The van der Waals surface area contributed by atoms with Gasteiger partial charge in [-0.2, -0.15) is 0 Å². The quantitative estimate of drug-likeness (QED) is 0.714. The smallest absolute Gasteiger partial charge is 0.0695 e. The van der Waals surface area contributed by atoms with Gasteiger partial charge in [0.25, 0.3) is 0 Å². The van der Waals surface area contributed by atoms with Crippen molar-refractivity contribution in [3.05, 3.63) is 47.1 Å². The van der Waals surface area contributed by atoms with Crippen molar-refractivity contribution in [2.45, 2.75) is 59.9 Å². The van der Waals surface area contributed by atoms with Crippen molar-refractivity contribution in [2.24, 2.45) is 5.41 Å². The van der Waals surface area contributed by atoms with E-state index >= 15 is 0 Å². The minimum Gasteiger partial charge on any atom is -0.389 e. The lowest BCUT2D eigenvalue weighted by Gasteiger charge is -2.32. The summed E-state index contributed by atoms with van der Waals surface area (Å²) in [7, 11) is 0. The maximum Gasteiger partial charge on any atom is 0.0695 e. The molecule has 0 heterocycles. The summed E-state index contributed by atoms with van der Waals surface area (Å²) in [5, 5.41) is 9.43. The Morgan fingerprint density at radius 3 is 2.84 bits per heavy atom. The molecule has 1 rings (SSSR count). The molecule has 0 amide bonds. The summed E-state index contributed by atoms with van der Waals surface area (Å²) < 4.78 is 21.3. The lowest BCUT2D eigenvalue weighted by molar-refractivity contribution is 0.244. The number of hydrogen-bond acceptors (Lipinski definition) is 1. The lowest BCUT2D eigenvalue weighted by atomic mass is 9.72. The Morgan fingerprint density at radius 1 is 1.47 bits per heavy atom. The van der Waals surface area contributed by atoms with Crippen molar-refractivity contribution in [1.82, 2.24) is 0 Å². The van der Waals surface area contributed by atoms with Gasteiger partial charge in [0.2, 0.25) is 0 Å². The fraction of sp³-hybridized carbons (Fsp3) is 0.556. The second-order valence-corrected chi connectivity index (χ2v) is 6.01. The van der Waals surface area contributed by atoms with Gasteiger partial charge in [-0.25, -0.2) is 0 Å². The summed E-state index contributed by atoms with van der Waals surface area (Å²) in [5.74, 6) is 0. The second kappa shape index (κ2) is 6.91. The van der Waals surface area contributed by atoms with Crippen molar-refractivity contribution in [2.75, 3.05) is 0 Å². The molecular formula is C18H28O. The normalized spacial score (nSPS) is 25.5. The average molecular weight is 266 g/mol. The third-order valence-electron chi connectivity index (χ3n) is 3.71. The van der Waals surface area contributed by atoms with Crippen LogP contribution in [0.1, 0.15) is 57.9 Å². The van der Waals surface area contributed by atoms with E-state index in [2.05, 4.69) is 32.9 Å². The van der Waals surface area contributed by atoms with Gasteiger partial charge < -0.3 is 5.11 Å². The number of allylic oxidation sites excluding steroid dienone is 7. The Bertz CT molecular complexity index is 505. The zero-order chi connectivity index (χ0) is 17.0. The summed E-state index contributed by atoms with van der Waals surface area (Å²) >= 11 is 0. The van der Waals surface area contributed by atoms with E-state index in [0.717, 1.165) is 12.0 Å². The van der Waals surface area contributed by atoms with Crippen LogP contribution in [0.25, 0.3) is 0 Å². The molecule has 0 aromatic rings. The predicted molar refractivity (Wildman–Crippen MR) is 84.0 cm³/mol. The van der Waals surface area contributed by atoms with E-state index in [-0.39, 0.29) is 5.41 Å². The molecule has 0 aromatic heterocycles. The van der Waals surface area contributed by atoms with E-state index in [1.54, 1.807) is 6.08 Å². The van der Waals surface area contributed by atoms with Crippen LogP contribution in [0.4, 0.5) is 0 Å². The van der Waals surface area contributed by atoms with E-state index in [1.165, 1.54) is 30.1 Å². The molecule has 1 atom stereocenters. The van der Waals surface area contributed by atoms with Crippen molar-refractivity contribution in [3.8, 4) is 0 Å². The molecule has 1 nitrogen and oxygen atoms in total. The first-order chi connectivity index (χ1) is 10.0. The first kappa shape index (κ1) is 11.7. The molecule has 0 saturated carbocycles. The largest absolute Gasteiger partial charge is 0.389 e. The molecule has 0 saturated heterocycles. The summed E-state index contributed by atoms with van der Waals surface area (Å²) in [4.78, 5) is 0. The molecular weight excluding hydrogens is 232 g/mol. The van der Waals surface area contributed by atoms with Crippen molar-refractivity contribution >= 4 is 0 Å². The van der Waals surface area contributed by atoms with E-state index in [0.29, 0.717) is 0 Å². The summed E-state index contributed by atoms with van der Waals surface area (Å²) in [6.07, 6.45) is 11.2. The van der Waals surface area contributed by atoms with Crippen LogP contribution in [-0.2, 0) is 0 Å². The van der Waals surface area contributed by atoms with Crippen molar-refractivity contribution < 1.29 is 9.22 Å². The molecule has 1 aliphatic carbocycles. The van der Waals surface area contributed by atoms with Crippen LogP contribution < -0.4 is 0 Å². The molecule has 1 N–H and O–H groups in total. The second-order valence-electron chi connectivity index (χ2n) is 6.01. The minimum atomic E-state index is -2.36. The number of rotatable bonds is 4. The van der Waals surface area contributed by atoms with Crippen LogP contribution >= 0.6 is 0 Å². The van der Waals surface area contributed by atoms with Gasteiger partial charge in [-0.05, 0) is 50.9 Å². The Balaban J connectivity index is 2.77. The third kappa shape index (κ3) is 5.20. The zero-order valence-electron chi connectivity index (χ0n) is 15.5. The van der Waals surface area contributed by atoms with Crippen LogP contribution in [0.3, 0.4) is 0 Å². The Hall–Kier alpha value is -1.08. The SMILES string of the molecule is [3H]C([3H])([3H])C(O)/C=C/C=C(C)\C=C\C1=C(C)CCCC1(C)C. The van der Waals surface area contributed by atoms with Gasteiger partial charge in [0.1, 0.15) is 0 Å². The summed E-state index contributed by atoms with van der Waals surface area (Å²) in [5.41, 5.74) is 4.09. The van der Waals surface area contributed by atoms with Crippen LogP contribution in [0.5, 0.6) is 0 Å². The van der Waals surface area contributed by atoms with Gasteiger partial charge in [0, 0.05) is 4.11 Å². The minimum absolute atomic E-state index is 0.215. The first-order valence-electron chi connectivity index (χ1n) is 8.45. The predicted octanol–water partition coefficient (Wildman–Crippen LogP) is 4.95. The van der Waals surface area contributed by atoms with E-state index in [4.69, 9.17) is 4.11 Å². The first-order valence-corrected chi connectivity index (χ1v) is 6.95. The molecule has 1 heteroatoms. The molecule has 0 radical (unpaired) electrons. The Kier molecular flexibility index (Phi) is 4.26. The highest BCUT2D eigenvalue weighted by Gasteiger charge is 2.26. The molecule has 0 aliphatic heterocycles. The van der Waals surface area contributed by atoms with E-state index in [1.807, 2.05) is 13.0 Å². The highest BCUT2D eigenvalue weighted by atomic mass is 16.3. The molecule has 0 bridgehead atoms. The van der Waals surface area contributed by atoms with Gasteiger partial charge in [-0.1, -0.05) is 55.4 Å². The highest BCUT2D eigenvalue weighted by molar-refractivity contribution is 5.36. The van der Waals surface area contributed by atoms with Crippen molar-refractivity contribution in [3.63, 3.8) is 0 Å². The van der Waals surface area contributed by atoms with Gasteiger partial charge in [0.05, 0.1) is 6.10 Å². The highest BCUT2D eigenvalue weighted by Crippen LogP contribution is 2.40. The molecule has 1 aliphatic rings. The molecule has 19 heavy (non-hydrogen) atoms. The number of aliphatic hydroxyl groups is 1. The molecule has 106 valence electrons. The maximum atomic E-state index is 9.43. The molecule has 1 unspecified atom stereocenters. The average Bonchev–Trinajstić information content (AvgIpc) is 2.36. The van der Waals surface area contributed by atoms with Crippen molar-refractivity contribution in [1.29, 1.82) is 0 Å². The van der Waals surface area contributed by atoms with Crippen LogP contribution in [-0.4, -0.2) is 11.2 Å². The Morgan fingerprint density at radius 2 is 2.21 bits per heavy atom. The lowest BCUT2D eigenvalue weighted by Crippen LogP contribution is -2.19. The van der Waals surface area contributed by atoms with Gasteiger partial charge in [-0.3, -0.25) is 0 Å². The van der Waals surface area contributed by atoms with Gasteiger partial charge in [0.15, 0.2) is 0 Å². The number of aliphatic hydroxyl groups excluding tert-OH is 1. The zero-order valence-corrected chi connectivity index (χ0v) is 12.5. The van der Waals surface area contributed by atoms with Crippen LogP contribution in [0.2, 0.25) is 0 Å². The molecule has 0 spiro atoms. The van der Waals surface area contributed by atoms with E-state index in [9.17, 15) is 5.11 Å². The fourth-order valence-corrected chi connectivity index (χ4v) is 2.59. The van der Waals surface area contributed by atoms with E-state index < -0.39 is 13.0 Å². The van der Waals surface area contributed by atoms with Crippen LogP contribution in [0.15, 0.2) is 47.1 Å². The standard InChI is InChI=1S/C18H28O/c1-14(8-6-10-16(3)19)11-12-17-15(2)9-7-13-18(17,4)5/h6,8,10-12,16,19H,7,9,13H2,1-5H3/b10-6+,12-11+,14-8-/i3T3. The topological polar surface area (TPSA) is 20.2 Å². The maximum absolute atomic E-state index is 9.43. The molecule has 0 fully saturated rings. The monoisotopic (exact) mass is 266 g/mol. The summed E-state index contributed by atoms with van der Waals surface area (Å²) in [6, 6.07) is 0. The van der Waals surface area contributed by atoms with Crippen LogP contribution in [0, 0.1) is 5.41 Å². The van der Waals surface area contributed by atoms with Gasteiger partial charge in [-0.15, -0.1) is 0 Å². The summed E-state index contributed by atoms with van der Waals surface area (Å²) in [6.45, 7) is 6.37. The number of hydrogen-bond donors (Lipinski definition) is 1.